The molecule has 1 atom stereocenters. The first kappa shape index (κ1) is 10.9. The van der Waals surface area contributed by atoms with Crippen molar-refractivity contribution < 1.29 is 4.79 Å². The maximum atomic E-state index is 11.9. The molecule has 0 fully saturated rings. The van der Waals surface area contributed by atoms with E-state index >= 15 is 0 Å². The third kappa shape index (κ3) is 2.49. The van der Waals surface area contributed by atoms with Gasteiger partial charge in [0.2, 0.25) is 0 Å². The minimum atomic E-state index is -0.0391. The molecule has 1 amide bonds. The van der Waals surface area contributed by atoms with Gasteiger partial charge in [0.15, 0.2) is 0 Å². The zero-order valence-corrected chi connectivity index (χ0v) is 9.39. The average Bonchev–Trinajstić information content (AvgIpc) is 2.33. The Bertz CT molecular complexity index is 386. The Balaban J connectivity index is 2.00. The predicted molar refractivity (Wildman–Crippen MR) is 63.8 cm³/mol. The fourth-order valence-electron chi connectivity index (χ4n) is 1.73. The Labute approximate surface area is 95.7 Å². The molecule has 2 rings (SSSR count). The van der Waals surface area contributed by atoms with Crippen LogP contribution in [0.15, 0.2) is 42.5 Å². The van der Waals surface area contributed by atoms with Crippen molar-refractivity contribution in [2.24, 2.45) is 0 Å². The maximum Gasteiger partial charge on any atom is 0.265 e. The van der Waals surface area contributed by atoms with Gasteiger partial charge in [-0.15, -0.1) is 0 Å². The minimum Gasteiger partial charge on any atom is -0.284 e. The van der Waals surface area contributed by atoms with Crippen molar-refractivity contribution in [1.82, 2.24) is 10.4 Å². The lowest BCUT2D eigenvalue weighted by Crippen LogP contribution is -2.48. The number of nitrogens with zero attached hydrogens (tertiary/aromatic N) is 1. The molecule has 0 aliphatic carbocycles. The molecule has 1 heterocycles. The zero-order chi connectivity index (χ0) is 11.4. The van der Waals surface area contributed by atoms with Crippen LogP contribution in [0.25, 0.3) is 0 Å². The number of hydrazine groups is 1. The molecule has 3 nitrogen and oxygen atoms in total. The third-order valence-electron chi connectivity index (χ3n) is 2.76. The van der Waals surface area contributed by atoms with Crippen molar-refractivity contribution in [1.29, 1.82) is 0 Å². The summed E-state index contributed by atoms with van der Waals surface area (Å²) < 4.78 is 0. The highest BCUT2D eigenvalue weighted by atomic mass is 16.2. The van der Waals surface area contributed by atoms with Gasteiger partial charge in [-0.05, 0) is 25.5 Å². The summed E-state index contributed by atoms with van der Waals surface area (Å²) in [5, 5.41) is 1.97. The van der Waals surface area contributed by atoms with Gasteiger partial charge in [0.05, 0.1) is 0 Å². The second-order valence-corrected chi connectivity index (χ2v) is 4.02. The number of hydrogen-bond acceptors (Lipinski definition) is 2. The van der Waals surface area contributed by atoms with Gasteiger partial charge in [0.1, 0.15) is 0 Å². The van der Waals surface area contributed by atoms with E-state index < -0.39 is 0 Å². The SMILES string of the molecule is CC1CC=CCN1NC(=O)c1ccccc1. The normalized spacial score (nSPS) is 20.7. The topological polar surface area (TPSA) is 32.3 Å². The lowest BCUT2D eigenvalue weighted by Gasteiger charge is -2.30. The molecule has 1 unspecified atom stereocenters. The molecule has 0 bridgehead atoms. The number of amides is 1. The van der Waals surface area contributed by atoms with Crippen LogP contribution in [-0.4, -0.2) is 23.5 Å². The van der Waals surface area contributed by atoms with Gasteiger partial charge in [0.25, 0.3) is 5.91 Å². The molecule has 3 heteroatoms. The lowest BCUT2D eigenvalue weighted by molar-refractivity contribution is 0.0727. The number of nitrogens with one attached hydrogen (secondary N) is 1. The smallest absolute Gasteiger partial charge is 0.265 e. The molecule has 1 aromatic carbocycles. The monoisotopic (exact) mass is 216 g/mol. The van der Waals surface area contributed by atoms with Crippen LogP contribution in [0.3, 0.4) is 0 Å². The van der Waals surface area contributed by atoms with Gasteiger partial charge in [-0.2, -0.15) is 0 Å². The number of hydrogen-bond donors (Lipinski definition) is 1. The molecule has 1 aromatic rings. The Hall–Kier alpha value is -1.61. The van der Waals surface area contributed by atoms with E-state index in [9.17, 15) is 4.79 Å². The van der Waals surface area contributed by atoms with Gasteiger partial charge in [-0.25, -0.2) is 5.01 Å². The van der Waals surface area contributed by atoms with E-state index in [1.54, 1.807) is 0 Å². The molecular formula is C13H16N2O. The molecule has 84 valence electrons. The second-order valence-electron chi connectivity index (χ2n) is 4.02. The summed E-state index contributed by atoms with van der Waals surface area (Å²) in [5.74, 6) is -0.0391. The molecule has 1 aliphatic heterocycles. The van der Waals surface area contributed by atoms with Crippen LogP contribution in [-0.2, 0) is 0 Å². The largest absolute Gasteiger partial charge is 0.284 e. The molecule has 1 aliphatic rings. The Morgan fingerprint density at radius 3 is 2.75 bits per heavy atom. The Morgan fingerprint density at radius 2 is 2.06 bits per heavy atom. The van der Waals surface area contributed by atoms with E-state index in [1.807, 2.05) is 35.3 Å². The van der Waals surface area contributed by atoms with Crippen molar-refractivity contribution in [3.63, 3.8) is 0 Å². The van der Waals surface area contributed by atoms with Gasteiger partial charge >= 0.3 is 0 Å². The maximum absolute atomic E-state index is 11.9. The van der Waals surface area contributed by atoms with E-state index in [2.05, 4.69) is 24.5 Å². The molecule has 1 N–H and O–H groups in total. The average molecular weight is 216 g/mol. The highest BCUT2D eigenvalue weighted by Gasteiger charge is 2.17. The molecule has 0 spiro atoms. The first-order valence-electron chi connectivity index (χ1n) is 5.55. The number of carbonyl (C=O) groups is 1. The molecular weight excluding hydrogens is 200 g/mol. The standard InChI is InChI=1S/C13H16N2O/c1-11-7-5-6-10-15(11)14-13(16)12-8-3-2-4-9-12/h2-6,8-9,11H,7,10H2,1H3,(H,14,16). The van der Waals surface area contributed by atoms with Crippen LogP contribution in [0.1, 0.15) is 23.7 Å². The van der Waals surface area contributed by atoms with Crippen LogP contribution < -0.4 is 5.43 Å². The predicted octanol–water partition coefficient (Wildman–Crippen LogP) is 1.98. The van der Waals surface area contributed by atoms with Gasteiger partial charge in [0, 0.05) is 18.2 Å². The second kappa shape index (κ2) is 4.94. The quantitative estimate of drug-likeness (QED) is 0.767. The van der Waals surface area contributed by atoms with Crippen molar-refractivity contribution in [3.05, 3.63) is 48.0 Å². The molecule has 0 saturated heterocycles. The van der Waals surface area contributed by atoms with Crippen molar-refractivity contribution in [3.8, 4) is 0 Å². The van der Waals surface area contributed by atoms with E-state index in [4.69, 9.17) is 0 Å². The fourth-order valence-corrected chi connectivity index (χ4v) is 1.73. The first-order chi connectivity index (χ1) is 7.77. The summed E-state index contributed by atoms with van der Waals surface area (Å²) in [6.45, 7) is 2.88. The van der Waals surface area contributed by atoms with E-state index in [0.717, 1.165) is 13.0 Å². The van der Waals surface area contributed by atoms with Crippen LogP contribution in [0.2, 0.25) is 0 Å². The molecule has 0 radical (unpaired) electrons. The summed E-state index contributed by atoms with van der Waals surface area (Å²) in [6, 6.07) is 9.64. The van der Waals surface area contributed by atoms with Crippen LogP contribution >= 0.6 is 0 Å². The Kier molecular flexibility index (Phi) is 3.37. The highest BCUT2D eigenvalue weighted by molar-refractivity contribution is 5.93. The summed E-state index contributed by atoms with van der Waals surface area (Å²) in [6.07, 6.45) is 5.20. The van der Waals surface area contributed by atoms with Gasteiger partial charge in [-0.1, -0.05) is 30.4 Å². The Morgan fingerprint density at radius 1 is 1.31 bits per heavy atom. The first-order valence-corrected chi connectivity index (χ1v) is 5.55. The van der Waals surface area contributed by atoms with Crippen LogP contribution in [0.5, 0.6) is 0 Å². The van der Waals surface area contributed by atoms with E-state index in [1.165, 1.54) is 0 Å². The summed E-state index contributed by atoms with van der Waals surface area (Å²) in [5.41, 5.74) is 3.63. The van der Waals surface area contributed by atoms with Crippen LogP contribution in [0, 0.1) is 0 Å². The van der Waals surface area contributed by atoms with E-state index in [0.29, 0.717) is 11.6 Å². The summed E-state index contributed by atoms with van der Waals surface area (Å²) in [7, 11) is 0. The van der Waals surface area contributed by atoms with Crippen molar-refractivity contribution in [2.75, 3.05) is 6.54 Å². The summed E-state index contributed by atoms with van der Waals surface area (Å²) in [4.78, 5) is 11.9. The third-order valence-corrected chi connectivity index (χ3v) is 2.76. The van der Waals surface area contributed by atoms with Crippen LogP contribution in [0.4, 0.5) is 0 Å². The van der Waals surface area contributed by atoms with Crippen molar-refractivity contribution >= 4 is 5.91 Å². The molecule has 16 heavy (non-hydrogen) atoms. The summed E-state index contributed by atoms with van der Waals surface area (Å²) >= 11 is 0. The lowest BCUT2D eigenvalue weighted by atomic mass is 10.1. The number of benzene rings is 1. The van der Waals surface area contributed by atoms with Crippen molar-refractivity contribution in [2.45, 2.75) is 19.4 Å². The highest BCUT2D eigenvalue weighted by Crippen LogP contribution is 2.08. The van der Waals surface area contributed by atoms with Gasteiger partial charge in [-0.3, -0.25) is 10.2 Å². The number of rotatable bonds is 2. The zero-order valence-electron chi connectivity index (χ0n) is 9.39. The fraction of sp³-hybridized carbons (Fsp3) is 0.308. The van der Waals surface area contributed by atoms with Gasteiger partial charge < -0.3 is 0 Å². The molecule has 0 saturated carbocycles. The molecule has 0 aromatic heterocycles. The minimum absolute atomic E-state index is 0.0391. The number of carbonyl (C=O) groups excluding carboxylic acids is 1. The van der Waals surface area contributed by atoms with E-state index in [-0.39, 0.29) is 5.91 Å².